The molecule has 160 valence electrons. The molecular weight excluding hydrogens is 394 g/mol. The molecule has 0 fully saturated rings. The topological polar surface area (TPSA) is 112 Å². The van der Waals surface area contributed by atoms with E-state index in [0.29, 0.717) is 17.8 Å². The second-order valence-electron chi connectivity index (χ2n) is 7.44. The van der Waals surface area contributed by atoms with Crippen molar-refractivity contribution in [2.24, 2.45) is 0 Å². The molecule has 3 aromatic heterocycles. The van der Waals surface area contributed by atoms with Crippen LogP contribution in [0.1, 0.15) is 36.2 Å². The number of rotatable bonds is 7. The summed E-state index contributed by atoms with van der Waals surface area (Å²) in [4.78, 5) is 17.1. The van der Waals surface area contributed by atoms with Crippen LogP contribution in [-0.4, -0.2) is 43.4 Å². The second kappa shape index (κ2) is 8.47. The number of hydrogen-bond donors (Lipinski definition) is 2. The Kier molecular flexibility index (Phi) is 5.57. The molecule has 0 aliphatic rings. The fourth-order valence-corrected chi connectivity index (χ4v) is 3.25. The minimum absolute atomic E-state index is 0.0451. The van der Waals surface area contributed by atoms with E-state index in [0.717, 1.165) is 28.9 Å². The van der Waals surface area contributed by atoms with Crippen molar-refractivity contribution in [3.63, 3.8) is 0 Å². The molecule has 0 bridgehead atoms. The zero-order valence-electron chi connectivity index (χ0n) is 17.7. The first kappa shape index (κ1) is 20.4. The molecule has 1 aromatic carbocycles. The van der Waals surface area contributed by atoms with Gasteiger partial charge in [0.15, 0.2) is 5.65 Å². The minimum atomic E-state index is -0.209. The molecule has 4 aromatic rings. The number of carbonyl (C=O) groups excluding carboxylic acids is 1. The fraction of sp³-hybridized carbons (Fsp3) is 0.273. The predicted octanol–water partition coefficient (Wildman–Crippen LogP) is 2.76. The van der Waals surface area contributed by atoms with Gasteiger partial charge in [0.2, 0.25) is 5.95 Å². The van der Waals surface area contributed by atoms with E-state index < -0.39 is 0 Å². The van der Waals surface area contributed by atoms with Crippen molar-refractivity contribution in [2.45, 2.75) is 32.9 Å². The summed E-state index contributed by atoms with van der Waals surface area (Å²) >= 11 is 0. The number of fused-ring (bicyclic) bond motifs is 1. The molecular formula is C22H25N7O2. The first-order valence-electron chi connectivity index (χ1n) is 10.1. The smallest absolute Gasteiger partial charge is 0.255 e. The van der Waals surface area contributed by atoms with Gasteiger partial charge in [-0.25, -0.2) is 4.52 Å². The summed E-state index contributed by atoms with van der Waals surface area (Å²) in [5, 5.41) is 11.6. The van der Waals surface area contributed by atoms with Crippen LogP contribution in [0.2, 0.25) is 0 Å². The Bertz CT molecular complexity index is 1210. The van der Waals surface area contributed by atoms with Gasteiger partial charge < -0.3 is 15.8 Å². The molecule has 1 atom stereocenters. The molecule has 0 aliphatic heterocycles. The molecule has 3 heterocycles. The normalized spacial score (nSPS) is 12.1. The Morgan fingerprint density at radius 3 is 2.71 bits per heavy atom. The zero-order chi connectivity index (χ0) is 22.0. The van der Waals surface area contributed by atoms with Crippen LogP contribution in [0, 0.1) is 0 Å². The van der Waals surface area contributed by atoms with Crippen molar-refractivity contribution in [3.8, 4) is 16.9 Å². The van der Waals surface area contributed by atoms with Gasteiger partial charge in [0, 0.05) is 29.6 Å². The molecule has 0 spiro atoms. The molecule has 3 N–H and O–H groups in total. The van der Waals surface area contributed by atoms with E-state index in [-0.39, 0.29) is 17.9 Å². The van der Waals surface area contributed by atoms with E-state index in [2.05, 4.69) is 20.5 Å². The number of benzene rings is 1. The number of pyridine rings is 1. The average Bonchev–Trinajstić information content (AvgIpc) is 3.38. The monoisotopic (exact) mass is 419 g/mol. The number of nitrogens with one attached hydrogen (secondary N) is 1. The summed E-state index contributed by atoms with van der Waals surface area (Å²) in [6.45, 7) is 4.59. The van der Waals surface area contributed by atoms with Crippen LogP contribution in [0.4, 0.5) is 5.95 Å². The predicted molar refractivity (Wildman–Crippen MR) is 118 cm³/mol. The first-order chi connectivity index (χ1) is 15.0. The first-order valence-corrected chi connectivity index (χ1v) is 10.1. The Labute approximate surface area is 179 Å². The quantitative estimate of drug-likeness (QED) is 0.476. The summed E-state index contributed by atoms with van der Waals surface area (Å²) in [6, 6.07) is 9.69. The van der Waals surface area contributed by atoms with Gasteiger partial charge in [-0.3, -0.25) is 9.48 Å². The highest BCUT2D eigenvalue weighted by atomic mass is 16.5. The highest BCUT2D eigenvalue weighted by molar-refractivity contribution is 6.01. The van der Waals surface area contributed by atoms with Crippen molar-refractivity contribution in [1.82, 2.24) is 29.7 Å². The molecule has 9 nitrogen and oxygen atoms in total. The summed E-state index contributed by atoms with van der Waals surface area (Å²) in [5.41, 5.74) is 9.39. The Balaban J connectivity index is 1.65. The highest BCUT2D eigenvalue weighted by Crippen LogP contribution is 2.23. The number of amides is 1. The van der Waals surface area contributed by atoms with E-state index >= 15 is 0 Å². The zero-order valence-corrected chi connectivity index (χ0v) is 17.7. The maximum absolute atomic E-state index is 12.9. The Morgan fingerprint density at radius 1 is 1.23 bits per heavy atom. The molecule has 0 saturated heterocycles. The molecule has 0 saturated carbocycles. The lowest BCUT2D eigenvalue weighted by Gasteiger charge is -2.12. The third-order valence-corrected chi connectivity index (χ3v) is 5.15. The number of hydrogen-bond acceptors (Lipinski definition) is 6. The van der Waals surface area contributed by atoms with Crippen LogP contribution < -0.4 is 15.8 Å². The van der Waals surface area contributed by atoms with Gasteiger partial charge >= 0.3 is 0 Å². The van der Waals surface area contributed by atoms with Crippen LogP contribution >= 0.6 is 0 Å². The van der Waals surface area contributed by atoms with Crippen LogP contribution in [0.5, 0.6) is 5.75 Å². The van der Waals surface area contributed by atoms with Gasteiger partial charge in [0.05, 0.1) is 25.4 Å². The molecule has 1 amide bonds. The largest absolute Gasteiger partial charge is 0.497 e. The van der Waals surface area contributed by atoms with E-state index in [1.54, 1.807) is 25.6 Å². The molecule has 0 unspecified atom stereocenters. The number of anilines is 1. The number of nitrogens with zero attached hydrogens (tertiary/aromatic N) is 5. The highest BCUT2D eigenvalue weighted by Gasteiger charge is 2.18. The maximum Gasteiger partial charge on any atom is 0.255 e. The van der Waals surface area contributed by atoms with Crippen molar-refractivity contribution in [2.75, 3.05) is 12.8 Å². The maximum atomic E-state index is 12.9. The summed E-state index contributed by atoms with van der Waals surface area (Å²) < 4.78 is 8.58. The summed E-state index contributed by atoms with van der Waals surface area (Å²) in [5.74, 6) is 0.720. The Hall–Kier alpha value is -3.88. The van der Waals surface area contributed by atoms with Crippen molar-refractivity contribution in [3.05, 3.63) is 60.0 Å². The third kappa shape index (κ3) is 4.35. The fourth-order valence-electron chi connectivity index (χ4n) is 3.25. The lowest BCUT2D eigenvalue weighted by molar-refractivity contribution is 0.0940. The van der Waals surface area contributed by atoms with Crippen LogP contribution in [0.3, 0.4) is 0 Å². The lowest BCUT2D eigenvalue weighted by atomic mass is 10.1. The van der Waals surface area contributed by atoms with E-state index in [9.17, 15) is 4.79 Å². The van der Waals surface area contributed by atoms with Crippen molar-refractivity contribution in [1.29, 1.82) is 0 Å². The van der Waals surface area contributed by atoms with Crippen LogP contribution in [0.15, 0.2) is 48.9 Å². The van der Waals surface area contributed by atoms with Gasteiger partial charge in [0.25, 0.3) is 5.91 Å². The van der Waals surface area contributed by atoms with Crippen molar-refractivity contribution >= 4 is 17.5 Å². The number of aromatic nitrogens is 5. The summed E-state index contributed by atoms with van der Waals surface area (Å²) in [6.07, 6.45) is 6.32. The van der Waals surface area contributed by atoms with Gasteiger partial charge in [-0.15, -0.1) is 5.10 Å². The van der Waals surface area contributed by atoms with Gasteiger partial charge in [0.1, 0.15) is 5.75 Å². The van der Waals surface area contributed by atoms with Crippen molar-refractivity contribution < 1.29 is 9.53 Å². The minimum Gasteiger partial charge on any atom is -0.497 e. The number of methoxy groups -OCH3 is 1. The standard InChI is InChI=1S/C22H25N7O2/c1-4-14(2)25-21(30)19-9-16(13-29-20(19)26-22(23)27-29)17-10-24-28(12-17)11-15-5-7-18(31-3)8-6-15/h5-10,12-14H,4,11H2,1-3H3,(H2,23,27)(H,25,30)/t14-/m0/s1. The van der Waals surface area contributed by atoms with E-state index in [1.807, 2.05) is 49.0 Å². The number of ether oxygens (including phenoxy) is 1. The number of nitrogens with two attached hydrogens (primary N) is 1. The molecule has 0 radical (unpaired) electrons. The summed E-state index contributed by atoms with van der Waals surface area (Å²) in [7, 11) is 1.64. The van der Waals surface area contributed by atoms with Gasteiger partial charge in [-0.1, -0.05) is 19.1 Å². The van der Waals surface area contributed by atoms with Crippen LogP contribution in [-0.2, 0) is 6.54 Å². The van der Waals surface area contributed by atoms with Gasteiger partial charge in [-0.05, 0) is 37.1 Å². The van der Waals surface area contributed by atoms with Crippen LogP contribution in [0.25, 0.3) is 16.8 Å². The molecule has 4 rings (SSSR count). The van der Waals surface area contributed by atoms with E-state index in [4.69, 9.17) is 10.5 Å². The van der Waals surface area contributed by atoms with Gasteiger partial charge in [-0.2, -0.15) is 10.1 Å². The molecule has 9 heteroatoms. The Morgan fingerprint density at radius 2 is 2.00 bits per heavy atom. The number of nitrogen functional groups attached to an aromatic ring is 1. The molecule has 0 aliphatic carbocycles. The van der Waals surface area contributed by atoms with E-state index in [1.165, 1.54) is 4.52 Å². The number of carbonyl (C=O) groups is 1. The average molecular weight is 419 g/mol. The lowest BCUT2D eigenvalue weighted by Crippen LogP contribution is -2.32. The third-order valence-electron chi connectivity index (χ3n) is 5.15. The SMILES string of the molecule is CC[C@H](C)NC(=O)c1cc(-c2cnn(Cc3ccc(OC)cc3)c2)cn2nc(N)nc12. The molecule has 31 heavy (non-hydrogen) atoms. The second-order valence-corrected chi connectivity index (χ2v) is 7.44.